The minimum atomic E-state index is -1.45. The number of carbonyl (C=O) groups excluding carboxylic acids is 3. The Balaban J connectivity index is 3.26. The lowest BCUT2D eigenvalue weighted by Gasteiger charge is -2.13. The first kappa shape index (κ1) is 19.6. The Bertz CT molecular complexity index is 619. The predicted molar refractivity (Wildman–Crippen MR) is 77.7 cm³/mol. The number of hydrogen-bond acceptors (Lipinski definition) is 9. The molecule has 0 bridgehead atoms. The summed E-state index contributed by atoms with van der Waals surface area (Å²) < 4.78 is 13.8. The molecule has 1 aromatic rings. The zero-order chi connectivity index (χ0) is 18.4. The van der Waals surface area contributed by atoms with E-state index in [-0.39, 0.29) is 16.7 Å². The van der Waals surface area contributed by atoms with E-state index in [0.717, 1.165) is 12.1 Å². The summed E-state index contributed by atoms with van der Waals surface area (Å²) in [7, 11) is 0. The van der Waals surface area contributed by atoms with E-state index in [2.05, 4.69) is 14.2 Å². The number of esters is 3. The van der Waals surface area contributed by atoms with Gasteiger partial charge in [0, 0.05) is 0 Å². The van der Waals surface area contributed by atoms with Crippen molar-refractivity contribution in [2.45, 2.75) is 39.6 Å². The Morgan fingerprint density at radius 3 is 1.62 bits per heavy atom. The van der Waals surface area contributed by atoms with Crippen LogP contribution in [-0.2, 0) is 14.2 Å². The Morgan fingerprint density at radius 2 is 1.17 bits per heavy atom. The number of benzene rings is 1. The highest BCUT2D eigenvalue weighted by Crippen LogP contribution is 2.17. The first-order valence-corrected chi connectivity index (χ1v) is 6.93. The fourth-order valence-electron chi connectivity index (χ4n) is 1.68. The summed E-state index contributed by atoms with van der Waals surface area (Å²) in [4.78, 5) is 35.7. The molecule has 0 aliphatic heterocycles. The minimum Gasteiger partial charge on any atom is -0.433 e. The lowest BCUT2D eigenvalue weighted by Crippen LogP contribution is -2.21. The molecule has 3 atom stereocenters. The number of ether oxygens (including phenoxy) is 3. The molecule has 0 amide bonds. The van der Waals surface area contributed by atoms with Crippen molar-refractivity contribution >= 4 is 17.9 Å². The molecule has 0 fully saturated rings. The molecule has 24 heavy (non-hydrogen) atoms. The number of hydrogen-bond donors (Lipinski definition) is 3. The van der Waals surface area contributed by atoms with E-state index in [1.54, 1.807) is 0 Å². The van der Waals surface area contributed by atoms with Crippen molar-refractivity contribution in [2.75, 3.05) is 0 Å². The molecule has 0 aromatic heterocycles. The van der Waals surface area contributed by atoms with E-state index in [4.69, 9.17) is 15.3 Å². The van der Waals surface area contributed by atoms with Crippen LogP contribution in [0.4, 0.5) is 0 Å². The molecule has 0 aliphatic carbocycles. The van der Waals surface area contributed by atoms with Crippen LogP contribution in [0.3, 0.4) is 0 Å². The van der Waals surface area contributed by atoms with Gasteiger partial charge in [-0.05, 0) is 39.0 Å². The standard InChI is InChI=1S/C15H18O9/c1-7(16)22-13(19)10-4-5-11(14(20)23-8(2)17)12(6-10)15(21)24-9(3)18/h4-9,16-18H,1-3H3. The van der Waals surface area contributed by atoms with Gasteiger partial charge in [0.15, 0.2) is 18.9 Å². The first-order chi connectivity index (χ1) is 11.1. The Kier molecular flexibility index (Phi) is 6.83. The number of rotatable bonds is 6. The maximum atomic E-state index is 12.0. The first-order valence-electron chi connectivity index (χ1n) is 6.93. The third-order valence-electron chi connectivity index (χ3n) is 2.53. The van der Waals surface area contributed by atoms with E-state index >= 15 is 0 Å². The number of aliphatic hydroxyl groups is 3. The largest absolute Gasteiger partial charge is 0.433 e. The molecule has 9 heteroatoms. The predicted octanol–water partition coefficient (Wildman–Crippen LogP) is 0.172. The Labute approximate surface area is 137 Å². The van der Waals surface area contributed by atoms with Gasteiger partial charge in [0.2, 0.25) is 0 Å². The van der Waals surface area contributed by atoms with Crippen LogP contribution in [0.5, 0.6) is 0 Å². The highest BCUT2D eigenvalue weighted by atomic mass is 16.6. The average molecular weight is 342 g/mol. The van der Waals surface area contributed by atoms with Gasteiger partial charge in [0.05, 0.1) is 16.7 Å². The van der Waals surface area contributed by atoms with Gasteiger partial charge < -0.3 is 29.5 Å². The van der Waals surface area contributed by atoms with Crippen molar-refractivity contribution in [2.24, 2.45) is 0 Å². The summed E-state index contributed by atoms with van der Waals surface area (Å²) in [5, 5.41) is 27.3. The van der Waals surface area contributed by atoms with E-state index in [1.165, 1.54) is 26.8 Å². The average Bonchev–Trinajstić information content (AvgIpc) is 2.44. The van der Waals surface area contributed by atoms with Crippen molar-refractivity contribution < 1.29 is 43.9 Å². The minimum absolute atomic E-state index is 0.137. The molecule has 0 saturated heterocycles. The van der Waals surface area contributed by atoms with Gasteiger partial charge in [0.25, 0.3) is 0 Å². The van der Waals surface area contributed by atoms with Crippen LogP contribution in [-0.4, -0.2) is 52.1 Å². The maximum Gasteiger partial charge on any atom is 0.341 e. The van der Waals surface area contributed by atoms with Crippen LogP contribution in [0, 0.1) is 0 Å². The lowest BCUT2D eigenvalue weighted by molar-refractivity contribution is -0.0562. The molecule has 1 rings (SSSR count). The fourth-order valence-corrected chi connectivity index (χ4v) is 1.68. The van der Waals surface area contributed by atoms with Crippen molar-refractivity contribution in [3.63, 3.8) is 0 Å². The van der Waals surface area contributed by atoms with Gasteiger partial charge in [-0.3, -0.25) is 0 Å². The summed E-state index contributed by atoms with van der Waals surface area (Å²) in [6, 6.07) is 3.26. The molecule has 1 aromatic carbocycles. The van der Waals surface area contributed by atoms with E-state index in [0.29, 0.717) is 0 Å². The van der Waals surface area contributed by atoms with Crippen molar-refractivity contribution in [3.05, 3.63) is 34.9 Å². The normalized spacial score (nSPS) is 14.2. The molecule has 0 radical (unpaired) electrons. The molecule has 0 heterocycles. The number of carbonyl (C=O) groups is 3. The molecule has 0 spiro atoms. The van der Waals surface area contributed by atoms with Crippen LogP contribution >= 0.6 is 0 Å². The molecule has 0 aliphatic rings. The third-order valence-corrected chi connectivity index (χ3v) is 2.53. The quantitative estimate of drug-likeness (QED) is 0.375. The van der Waals surface area contributed by atoms with Crippen LogP contribution < -0.4 is 0 Å². The smallest absolute Gasteiger partial charge is 0.341 e. The second-order valence-corrected chi connectivity index (χ2v) is 4.77. The van der Waals surface area contributed by atoms with Gasteiger partial charge >= 0.3 is 17.9 Å². The molecule has 9 nitrogen and oxygen atoms in total. The summed E-state index contributed by atoms with van der Waals surface area (Å²) in [6.45, 7) is 3.59. The van der Waals surface area contributed by atoms with Crippen LogP contribution in [0.25, 0.3) is 0 Å². The van der Waals surface area contributed by atoms with Crippen molar-refractivity contribution in [3.8, 4) is 0 Å². The molecular weight excluding hydrogens is 324 g/mol. The van der Waals surface area contributed by atoms with E-state index in [9.17, 15) is 14.4 Å². The summed E-state index contributed by atoms with van der Waals surface area (Å²) >= 11 is 0. The third kappa shape index (κ3) is 5.61. The second kappa shape index (κ2) is 8.39. The van der Waals surface area contributed by atoms with E-state index in [1.807, 2.05) is 0 Å². The summed E-state index contributed by atoms with van der Waals surface area (Å²) in [5.41, 5.74) is -0.793. The van der Waals surface area contributed by atoms with Crippen molar-refractivity contribution in [1.29, 1.82) is 0 Å². The van der Waals surface area contributed by atoms with E-state index < -0.39 is 36.8 Å². The van der Waals surface area contributed by atoms with Gasteiger partial charge in [-0.2, -0.15) is 0 Å². The van der Waals surface area contributed by atoms with Crippen LogP contribution in [0.2, 0.25) is 0 Å². The van der Waals surface area contributed by atoms with Gasteiger partial charge in [-0.15, -0.1) is 0 Å². The molecule has 3 unspecified atom stereocenters. The second-order valence-electron chi connectivity index (χ2n) is 4.77. The lowest BCUT2D eigenvalue weighted by atomic mass is 10.0. The zero-order valence-corrected chi connectivity index (χ0v) is 13.3. The Hall–Kier alpha value is -2.49. The highest BCUT2D eigenvalue weighted by molar-refractivity contribution is 6.05. The summed E-state index contributed by atoms with van der Waals surface area (Å²) in [6.07, 6.45) is -4.24. The summed E-state index contributed by atoms with van der Waals surface area (Å²) in [5.74, 6) is -3.06. The van der Waals surface area contributed by atoms with Crippen LogP contribution in [0.15, 0.2) is 18.2 Å². The van der Waals surface area contributed by atoms with Crippen LogP contribution in [0.1, 0.15) is 51.8 Å². The van der Waals surface area contributed by atoms with Crippen molar-refractivity contribution in [1.82, 2.24) is 0 Å². The SMILES string of the molecule is CC(O)OC(=O)c1ccc(C(=O)OC(C)O)c(C(=O)OC(C)O)c1. The maximum absolute atomic E-state index is 12.0. The molecule has 132 valence electrons. The fraction of sp³-hybridized carbons (Fsp3) is 0.400. The molecular formula is C15H18O9. The number of aliphatic hydroxyl groups excluding tert-OH is 3. The molecule has 3 N–H and O–H groups in total. The monoisotopic (exact) mass is 342 g/mol. The van der Waals surface area contributed by atoms with Gasteiger partial charge in [-0.25, -0.2) is 14.4 Å². The van der Waals surface area contributed by atoms with Gasteiger partial charge in [-0.1, -0.05) is 0 Å². The zero-order valence-electron chi connectivity index (χ0n) is 13.3. The topological polar surface area (TPSA) is 140 Å². The molecule has 0 saturated carbocycles. The highest BCUT2D eigenvalue weighted by Gasteiger charge is 2.24. The Morgan fingerprint density at radius 1 is 0.750 bits per heavy atom. The van der Waals surface area contributed by atoms with Gasteiger partial charge in [0.1, 0.15) is 0 Å².